The molecule has 23 heavy (non-hydrogen) atoms. The van der Waals surface area contributed by atoms with Crippen molar-refractivity contribution in [3.63, 3.8) is 0 Å². The fraction of sp³-hybridized carbons (Fsp3) is 0.941. The molecule has 2 aliphatic heterocycles. The van der Waals surface area contributed by atoms with Gasteiger partial charge in [-0.2, -0.15) is 11.8 Å². The van der Waals surface area contributed by atoms with Gasteiger partial charge in [-0.3, -0.25) is 0 Å². The molecule has 0 aromatic rings. The van der Waals surface area contributed by atoms with Crippen LogP contribution in [0.4, 0.5) is 4.79 Å². The molecule has 134 valence electrons. The van der Waals surface area contributed by atoms with Crippen molar-refractivity contribution in [1.29, 1.82) is 0 Å². The molecule has 0 radical (unpaired) electrons. The van der Waals surface area contributed by atoms with E-state index in [-0.39, 0.29) is 18.2 Å². The lowest BCUT2D eigenvalue weighted by Gasteiger charge is -2.37. The van der Waals surface area contributed by atoms with Crippen molar-refractivity contribution in [1.82, 2.24) is 10.2 Å². The number of carbonyl (C=O) groups is 1. The third-order valence-electron chi connectivity index (χ3n) is 4.28. The molecule has 6 heteroatoms. The number of methoxy groups -OCH3 is 1. The van der Waals surface area contributed by atoms with Gasteiger partial charge in [0.1, 0.15) is 5.60 Å². The molecule has 2 fully saturated rings. The van der Waals surface area contributed by atoms with E-state index in [0.29, 0.717) is 24.5 Å². The first-order valence-corrected chi connectivity index (χ1v) is 9.60. The molecule has 1 N–H and O–H groups in total. The molecule has 2 rings (SSSR count). The standard InChI is InChI=1S/C17H32N2O3S/c1-16(2,3)22-15(20)19-8-13(14(9-19)21-6)18-12-7-17(4,5)11-23-10-12/h12-14,18H,7-11H2,1-6H3/t12?,13?,14-/m0/s1. The van der Waals surface area contributed by atoms with Crippen LogP contribution in [0.15, 0.2) is 0 Å². The van der Waals surface area contributed by atoms with Crippen LogP contribution in [-0.2, 0) is 9.47 Å². The highest BCUT2D eigenvalue weighted by atomic mass is 32.2. The number of amides is 1. The van der Waals surface area contributed by atoms with Crippen LogP contribution in [0.5, 0.6) is 0 Å². The summed E-state index contributed by atoms with van der Waals surface area (Å²) < 4.78 is 11.1. The number of nitrogens with one attached hydrogen (secondary N) is 1. The van der Waals surface area contributed by atoms with Crippen LogP contribution in [0.3, 0.4) is 0 Å². The molecule has 3 atom stereocenters. The van der Waals surface area contributed by atoms with Crippen LogP contribution in [0.2, 0.25) is 0 Å². The third kappa shape index (κ3) is 5.54. The first kappa shape index (κ1) is 18.9. The lowest BCUT2D eigenvalue weighted by molar-refractivity contribution is 0.0252. The Kier molecular flexibility index (Phi) is 5.90. The van der Waals surface area contributed by atoms with E-state index in [4.69, 9.17) is 9.47 Å². The van der Waals surface area contributed by atoms with Crippen molar-refractivity contribution in [2.75, 3.05) is 31.7 Å². The van der Waals surface area contributed by atoms with Crippen LogP contribution >= 0.6 is 11.8 Å². The van der Waals surface area contributed by atoms with E-state index in [1.54, 1.807) is 12.0 Å². The number of ether oxygens (including phenoxy) is 2. The number of rotatable bonds is 3. The van der Waals surface area contributed by atoms with Crippen molar-refractivity contribution in [3.05, 3.63) is 0 Å². The van der Waals surface area contributed by atoms with Gasteiger partial charge in [-0.15, -0.1) is 0 Å². The summed E-state index contributed by atoms with van der Waals surface area (Å²) in [6.07, 6.45) is 0.944. The summed E-state index contributed by atoms with van der Waals surface area (Å²) in [4.78, 5) is 14.0. The first-order chi connectivity index (χ1) is 10.6. The number of carbonyl (C=O) groups excluding carboxylic acids is 1. The van der Waals surface area contributed by atoms with Crippen LogP contribution in [0.1, 0.15) is 41.0 Å². The highest BCUT2D eigenvalue weighted by Gasteiger charge is 2.39. The Morgan fingerprint density at radius 1 is 1.30 bits per heavy atom. The molecule has 5 nitrogen and oxygen atoms in total. The van der Waals surface area contributed by atoms with Crippen LogP contribution in [-0.4, -0.2) is 66.5 Å². The minimum absolute atomic E-state index is 0.0255. The van der Waals surface area contributed by atoms with Gasteiger partial charge in [0.25, 0.3) is 0 Å². The molecular formula is C17H32N2O3S. The zero-order valence-corrected chi connectivity index (χ0v) is 16.2. The lowest BCUT2D eigenvalue weighted by atomic mass is 9.87. The monoisotopic (exact) mass is 344 g/mol. The van der Waals surface area contributed by atoms with E-state index in [1.807, 2.05) is 32.5 Å². The first-order valence-electron chi connectivity index (χ1n) is 8.44. The molecule has 2 unspecified atom stereocenters. The number of hydrogen-bond acceptors (Lipinski definition) is 5. The fourth-order valence-electron chi connectivity index (χ4n) is 3.32. The maximum Gasteiger partial charge on any atom is 0.410 e. The molecule has 2 heterocycles. The van der Waals surface area contributed by atoms with Crippen LogP contribution in [0.25, 0.3) is 0 Å². The number of hydrogen-bond donors (Lipinski definition) is 1. The molecule has 0 aromatic carbocycles. The minimum Gasteiger partial charge on any atom is -0.444 e. The quantitative estimate of drug-likeness (QED) is 0.853. The highest BCUT2D eigenvalue weighted by molar-refractivity contribution is 7.99. The highest BCUT2D eigenvalue weighted by Crippen LogP contribution is 2.34. The normalized spacial score (nSPS) is 31.2. The maximum absolute atomic E-state index is 12.3. The largest absolute Gasteiger partial charge is 0.444 e. The van der Waals surface area contributed by atoms with Crippen molar-refractivity contribution < 1.29 is 14.3 Å². The van der Waals surface area contributed by atoms with Gasteiger partial charge < -0.3 is 19.7 Å². The Balaban J connectivity index is 1.93. The molecular weight excluding hydrogens is 312 g/mol. The van der Waals surface area contributed by atoms with Crippen LogP contribution < -0.4 is 5.32 Å². The van der Waals surface area contributed by atoms with Crippen molar-refractivity contribution in [2.45, 2.75) is 64.8 Å². The summed E-state index contributed by atoms with van der Waals surface area (Å²) in [5, 5.41) is 3.73. The fourth-order valence-corrected chi connectivity index (χ4v) is 4.61. The van der Waals surface area contributed by atoms with Crippen molar-refractivity contribution in [3.8, 4) is 0 Å². The summed E-state index contributed by atoms with van der Waals surface area (Å²) in [7, 11) is 1.72. The zero-order chi connectivity index (χ0) is 17.3. The van der Waals surface area contributed by atoms with Crippen molar-refractivity contribution >= 4 is 17.9 Å². The Bertz CT molecular complexity index is 423. The number of nitrogens with zero attached hydrogens (tertiary/aromatic N) is 1. The topological polar surface area (TPSA) is 50.8 Å². The van der Waals surface area contributed by atoms with Gasteiger partial charge in [0.2, 0.25) is 0 Å². The smallest absolute Gasteiger partial charge is 0.410 e. The molecule has 0 aliphatic carbocycles. The minimum atomic E-state index is -0.463. The van der Waals surface area contributed by atoms with Gasteiger partial charge >= 0.3 is 6.09 Å². The molecule has 0 spiro atoms. The summed E-state index contributed by atoms with van der Waals surface area (Å²) in [5.74, 6) is 2.34. The van der Waals surface area contributed by atoms with E-state index >= 15 is 0 Å². The molecule has 2 aliphatic rings. The summed E-state index contributed by atoms with van der Waals surface area (Å²) in [6.45, 7) is 11.6. The van der Waals surface area contributed by atoms with Crippen LogP contribution in [0, 0.1) is 5.41 Å². The number of likely N-dealkylation sites (tertiary alicyclic amines) is 1. The van der Waals surface area contributed by atoms with E-state index < -0.39 is 5.60 Å². The number of thioether (sulfide) groups is 1. The van der Waals surface area contributed by atoms with Gasteiger partial charge in [0.15, 0.2) is 0 Å². The zero-order valence-electron chi connectivity index (χ0n) is 15.3. The van der Waals surface area contributed by atoms with Gasteiger partial charge in [0.05, 0.1) is 18.7 Å². The average Bonchev–Trinajstić information content (AvgIpc) is 2.78. The predicted molar refractivity (Wildman–Crippen MR) is 95.0 cm³/mol. The van der Waals surface area contributed by atoms with E-state index in [2.05, 4.69) is 19.2 Å². The van der Waals surface area contributed by atoms with Crippen molar-refractivity contribution in [2.24, 2.45) is 5.41 Å². The SMILES string of the molecule is CO[C@H]1CN(C(=O)OC(C)(C)C)CC1NC1CSCC(C)(C)C1. The summed E-state index contributed by atoms with van der Waals surface area (Å²) >= 11 is 2.01. The van der Waals surface area contributed by atoms with Gasteiger partial charge in [-0.25, -0.2) is 4.79 Å². The van der Waals surface area contributed by atoms with E-state index in [1.165, 1.54) is 12.2 Å². The summed E-state index contributed by atoms with van der Waals surface area (Å²) in [6, 6.07) is 0.650. The second-order valence-electron chi connectivity index (χ2n) is 8.51. The van der Waals surface area contributed by atoms with E-state index in [9.17, 15) is 4.79 Å². The summed E-state index contributed by atoms with van der Waals surface area (Å²) in [5.41, 5.74) is -0.0954. The Morgan fingerprint density at radius 2 is 2.00 bits per heavy atom. The Morgan fingerprint density at radius 3 is 2.57 bits per heavy atom. The molecule has 0 bridgehead atoms. The molecule has 1 amide bonds. The Hall–Kier alpha value is -0.460. The second kappa shape index (κ2) is 7.19. The van der Waals surface area contributed by atoms with Gasteiger partial charge in [-0.05, 0) is 38.4 Å². The average molecular weight is 345 g/mol. The molecule has 2 saturated heterocycles. The maximum atomic E-state index is 12.3. The van der Waals surface area contributed by atoms with Gasteiger partial charge in [-0.1, -0.05) is 13.8 Å². The second-order valence-corrected chi connectivity index (χ2v) is 9.54. The third-order valence-corrected chi connectivity index (χ3v) is 5.90. The van der Waals surface area contributed by atoms with E-state index in [0.717, 1.165) is 5.75 Å². The lowest BCUT2D eigenvalue weighted by Crippen LogP contribution is -2.50. The molecule has 0 aromatic heterocycles. The predicted octanol–water partition coefficient (Wildman–Crippen LogP) is 2.74. The van der Waals surface area contributed by atoms with Gasteiger partial charge in [0, 0.05) is 25.4 Å². The Labute approximate surface area is 144 Å². The molecule has 0 saturated carbocycles.